The Hall–Kier alpha value is -3.10. The first-order valence-corrected chi connectivity index (χ1v) is 14.1. The Kier molecular flexibility index (Phi) is 7.50. The van der Waals surface area contributed by atoms with E-state index in [4.69, 9.17) is 0 Å². The molecule has 0 fully saturated rings. The van der Waals surface area contributed by atoms with Gasteiger partial charge in [0.1, 0.15) is 0 Å². The zero-order valence-corrected chi connectivity index (χ0v) is 28.3. The van der Waals surface area contributed by atoms with Gasteiger partial charge in [-0.2, -0.15) is 0 Å². The summed E-state index contributed by atoms with van der Waals surface area (Å²) in [4.78, 5) is 0. The molecule has 7 aromatic carbocycles. The number of rotatable bonds is 2. The summed E-state index contributed by atoms with van der Waals surface area (Å²) in [6.07, 6.45) is 4.86. The average molecular weight is 745 g/mol. The maximum Gasteiger partial charge on any atom is 0.0295 e. The van der Waals surface area contributed by atoms with Crippen LogP contribution in [-0.2, 0) is 38.7 Å². The van der Waals surface area contributed by atoms with Crippen LogP contribution in [0, 0.1) is 0 Å². The van der Waals surface area contributed by atoms with Crippen molar-refractivity contribution in [1.82, 2.24) is 0 Å². The Labute approximate surface area is 277 Å². The number of allylic oxidation sites excluding steroid dienone is 1. The van der Waals surface area contributed by atoms with Gasteiger partial charge in [0.2, 0.25) is 0 Å². The first-order chi connectivity index (χ1) is 19.3. The van der Waals surface area contributed by atoms with Gasteiger partial charge in [0.05, 0.1) is 0 Å². The molecule has 0 heterocycles. The van der Waals surface area contributed by atoms with Crippen molar-refractivity contribution in [3.8, 4) is 11.1 Å². The Morgan fingerprint density at radius 1 is 0.595 bits per heavy atom. The van der Waals surface area contributed by atoms with Crippen LogP contribution in [0.15, 0.2) is 115 Å². The van der Waals surface area contributed by atoms with Crippen LogP contribution in [0.25, 0.3) is 60.3 Å². The van der Waals surface area contributed by atoms with Crippen molar-refractivity contribution in [2.45, 2.75) is 25.7 Å². The molecule has 9 rings (SSSR count). The summed E-state index contributed by atoms with van der Waals surface area (Å²) >= 11 is 0. The minimum absolute atomic E-state index is 0. The number of halogens is 2. The van der Waals surface area contributed by atoms with E-state index in [9.17, 15) is 0 Å². The number of hydrogen-bond donors (Lipinski definition) is 0. The van der Waals surface area contributed by atoms with Crippen LogP contribution < -0.4 is 24.8 Å². The second kappa shape index (κ2) is 10.9. The molecule has 0 saturated heterocycles. The number of fused-ring (bicyclic) bond motifs is 9. The van der Waals surface area contributed by atoms with Gasteiger partial charge in [0.15, 0.2) is 0 Å². The SMILES string of the molecule is CC1=Cc2c(-c3cc4ccccc4c4ccccc34)cccc2C1c1cc2c([cH-]c3ccccc32)c2c1CC2.[Cl-].[Cl-].[Hf]. The van der Waals surface area contributed by atoms with E-state index in [2.05, 4.69) is 122 Å². The topological polar surface area (TPSA) is 0 Å². The second-order valence-corrected chi connectivity index (χ2v) is 11.4. The molecular formula is C39H27Cl2Hf-3. The van der Waals surface area contributed by atoms with Crippen molar-refractivity contribution in [2.75, 3.05) is 0 Å². The summed E-state index contributed by atoms with van der Waals surface area (Å²) in [5, 5.41) is 10.9. The van der Waals surface area contributed by atoms with Crippen molar-refractivity contribution >= 4 is 49.2 Å². The van der Waals surface area contributed by atoms with Crippen molar-refractivity contribution in [1.29, 1.82) is 0 Å². The van der Waals surface area contributed by atoms with Gasteiger partial charge in [-0.15, -0.1) is 39.2 Å². The quantitative estimate of drug-likeness (QED) is 0.141. The maximum atomic E-state index is 2.53. The molecule has 0 N–H and O–H groups in total. The zero-order valence-electron chi connectivity index (χ0n) is 23.2. The van der Waals surface area contributed by atoms with E-state index in [1.54, 1.807) is 11.1 Å². The van der Waals surface area contributed by atoms with Gasteiger partial charge in [-0.05, 0) is 68.8 Å². The van der Waals surface area contributed by atoms with Crippen LogP contribution in [0.2, 0.25) is 0 Å². The minimum Gasteiger partial charge on any atom is -1.00 e. The van der Waals surface area contributed by atoms with Gasteiger partial charge in [0.25, 0.3) is 0 Å². The summed E-state index contributed by atoms with van der Waals surface area (Å²) in [6, 6.07) is 40.9. The molecule has 0 spiro atoms. The van der Waals surface area contributed by atoms with E-state index in [-0.39, 0.29) is 50.7 Å². The third-order valence-corrected chi connectivity index (χ3v) is 9.45. The maximum absolute atomic E-state index is 2.53. The summed E-state index contributed by atoms with van der Waals surface area (Å²) in [6.45, 7) is 2.34. The molecule has 0 radical (unpaired) electrons. The molecule has 204 valence electrons. The Bertz CT molecular complexity index is 2200. The Morgan fingerprint density at radius 3 is 2.07 bits per heavy atom. The van der Waals surface area contributed by atoms with E-state index in [1.165, 1.54) is 89.3 Å². The van der Waals surface area contributed by atoms with Gasteiger partial charge < -0.3 is 24.8 Å². The van der Waals surface area contributed by atoms with Crippen molar-refractivity contribution in [3.63, 3.8) is 0 Å². The van der Waals surface area contributed by atoms with Crippen LogP contribution in [0.1, 0.15) is 40.7 Å². The molecular weight excluding hydrogens is 718 g/mol. The number of aryl methyl sites for hydroxylation is 1. The minimum atomic E-state index is 0. The van der Waals surface area contributed by atoms with E-state index in [0.29, 0.717) is 5.92 Å². The van der Waals surface area contributed by atoms with Crippen LogP contribution in [0.3, 0.4) is 0 Å². The molecule has 7 aromatic rings. The molecule has 0 bridgehead atoms. The van der Waals surface area contributed by atoms with E-state index in [0.717, 1.165) is 0 Å². The van der Waals surface area contributed by atoms with E-state index in [1.807, 2.05) is 0 Å². The molecule has 1 atom stereocenters. The fourth-order valence-electron chi connectivity index (χ4n) is 7.62. The predicted molar refractivity (Wildman–Crippen MR) is 167 cm³/mol. The van der Waals surface area contributed by atoms with Crippen LogP contribution >= 0.6 is 0 Å². The van der Waals surface area contributed by atoms with Gasteiger partial charge in [-0.1, -0.05) is 115 Å². The van der Waals surface area contributed by atoms with Crippen molar-refractivity contribution in [2.24, 2.45) is 0 Å². The van der Waals surface area contributed by atoms with E-state index >= 15 is 0 Å². The summed E-state index contributed by atoms with van der Waals surface area (Å²) in [5.41, 5.74) is 11.7. The Morgan fingerprint density at radius 2 is 1.29 bits per heavy atom. The summed E-state index contributed by atoms with van der Waals surface area (Å²) < 4.78 is 0. The zero-order chi connectivity index (χ0) is 25.7. The summed E-state index contributed by atoms with van der Waals surface area (Å²) in [7, 11) is 0. The first-order valence-electron chi connectivity index (χ1n) is 14.1. The third kappa shape index (κ3) is 4.01. The molecule has 0 nitrogen and oxygen atoms in total. The summed E-state index contributed by atoms with van der Waals surface area (Å²) in [5.74, 6) is 0.318. The fraction of sp³-hybridized carbons (Fsp3) is 0.103. The standard InChI is InChI=1S/C39H27.2ClH.Hf/c1-23-19-34-30(35-20-24-9-2-4-11-26(24)28-13-6-7-14-29(28)35)15-8-16-33(34)39(23)38-22-37-27-12-5-3-10-25(27)21-36(37)31-17-18-32(31)38;;;/h2-16,19-22,39H,17-18H2,1H3;2*1H;/q-1;;;/p-2. The van der Waals surface area contributed by atoms with Gasteiger partial charge in [0, 0.05) is 31.8 Å². The molecule has 0 amide bonds. The molecule has 1 unspecified atom stereocenters. The van der Waals surface area contributed by atoms with E-state index < -0.39 is 0 Å². The fourth-order valence-corrected chi connectivity index (χ4v) is 7.62. The van der Waals surface area contributed by atoms with Crippen molar-refractivity contribution < 1.29 is 50.7 Å². The van der Waals surface area contributed by atoms with Gasteiger partial charge in [-0.25, -0.2) is 0 Å². The van der Waals surface area contributed by atoms with Crippen LogP contribution in [0.5, 0.6) is 0 Å². The molecule has 2 aliphatic rings. The predicted octanol–water partition coefficient (Wildman–Crippen LogP) is 4.34. The Balaban J connectivity index is 0.00000105. The first kappa shape index (κ1) is 29.0. The molecule has 0 aliphatic heterocycles. The average Bonchev–Trinajstić information content (AvgIpc) is 3.48. The molecule has 0 saturated carbocycles. The molecule has 3 heteroatoms. The largest absolute Gasteiger partial charge is 1.00 e. The van der Waals surface area contributed by atoms with Gasteiger partial charge in [-0.3, -0.25) is 0 Å². The van der Waals surface area contributed by atoms with Crippen LogP contribution in [0.4, 0.5) is 0 Å². The van der Waals surface area contributed by atoms with Gasteiger partial charge >= 0.3 is 0 Å². The van der Waals surface area contributed by atoms with Crippen molar-refractivity contribution in [3.05, 3.63) is 143 Å². The molecule has 2 aliphatic carbocycles. The second-order valence-electron chi connectivity index (χ2n) is 11.4. The molecule has 42 heavy (non-hydrogen) atoms. The normalized spacial score (nSPS) is 14.9. The van der Waals surface area contributed by atoms with Crippen LogP contribution in [-0.4, -0.2) is 0 Å². The number of benzene rings is 6. The molecule has 0 aromatic heterocycles. The smallest absolute Gasteiger partial charge is 0.0295 e. The third-order valence-electron chi connectivity index (χ3n) is 9.45. The monoisotopic (exact) mass is 745 g/mol. The number of hydrogen-bond acceptors (Lipinski definition) is 0.